The number of ether oxygens (including phenoxy) is 1. The lowest BCUT2D eigenvalue weighted by Gasteiger charge is -2.18. The molecule has 0 spiro atoms. The third kappa shape index (κ3) is 4.69. The lowest BCUT2D eigenvalue weighted by atomic mass is 10.1. The molecule has 2 aromatic carbocycles. The van der Waals surface area contributed by atoms with Crippen molar-refractivity contribution in [1.29, 1.82) is 0 Å². The van der Waals surface area contributed by atoms with Gasteiger partial charge >= 0.3 is 5.69 Å². The number of rotatable bonds is 9. The molecular formula is C18H20N2O6S. The van der Waals surface area contributed by atoms with Gasteiger partial charge in [-0.1, -0.05) is 44.2 Å². The van der Waals surface area contributed by atoms with E-state index < -0.39 is 27.2 Å². The summed E-state index contributed by atoms with van der Waals surface area (Å²) in [6.07, 6.45) is 0. The van der Waals surface area contributed by atoms with Gasteiger partial charge in [-0.15, -0.1) is 0 Å². The number of Topliss-reactive ketones (excluding diaryl/α,β-unsaturated/α-hetero) is 1. The van der Waals surface area contributed by atoms with E-state index in [9.17, 15) is 23.3 Å². The van der Waals surface area contributed by atoms with E-state index >= 15 is 0 Å². The van der Waals surface area contributed by atoms with Gasteiger partial charge in [-0.2, -0.15) is 4.31 Å². The van der Waals surface area contributed by atoms with Crippen LogP contribution in [0, 0.1) is 10.1 Å². The lowest BCUT2D eigenvalue weighted by molar-refractivity contribution is -0.386. The average Bonchev–Trinajstić information content (AvgIpc) is 2.67. The van der Waals surface area contributed by atoms with Crippen molar-refractivity contribution < 1.29 is 22.9 Å². The second kappa shape index (κ2) is 8.74. The molecular weight excluding hydrogens is 372 g/mol. The molecule has 0 N–H and O–H groups in total. The molecule has 9 heteroatoms. The van der Waals surface area contributed by atoms with Crippen LogP contribution < -0.4 is 4.74 Å². The molecule has 2 rings (SSSR count). The number of carbonyl (C=O) groups is 1. The Labute approximate surface area is 157 Å². The summed E-state index contributed by atoms with van der Waals surface area (Å²) in [7, 11) is -3.84. The van der Waals surface area contributed by atoms with Crippen LogP contribution in [0.1, 0.15) is 24.2 Å². The normalized spacial score (nSPS) is 11.4. The van der Waals surface area contributed by atoms with E-state index in [4.69, 9.17) is 4.74 Å². The molecule has 0 aliphatic rings. The number of carbonyl (C=O) groups excluding carboxylic acids is 1. The van der Waals surface area contributed by atoms with Gasteiger partial charge < -0.3 is 4.74 Å². The first-order valence-corrected chi connectivity index (χ1v) is 9.74. The Morgan fingerprint density at radius 3 is 2.30 bits per heavy atom. The molecule has 144 valence electrons. The van der Waals surface area contributed by atoms with Gasteiger partial charge in [0.15, 0.2) is 18.1 Å². The molecule has 0 fully saturated rings. The van der Waals surface area contributed by atoms with E-state index in [1.165, 1.54) is 16.4 Å². The summed E-state index contributed by atoms with van der Waals surface area (Å²) in [4.78, 5) is 22.5. The lowest BCUT2D eigenvalue weighted by Crippen LogP contribution is -2.30. The second-order valence-corrected chi connectivity index (χ2v) is 7.49. The van der Waals surface area contributed by atoms with E-state index in [0.717, 1.165) is 6.07 Å². The van der Waals surface area contributed by atoms with Crippen LogP contribution in [0.4, 0.5) is 5.69 Å². The van der Waals surface area contributed by atoms with Gasteiger partial charge in [-0.25, -0.2) is 8.42 Å². The van der Waals surface area contributed by atoms with Crippen LogP contribution >= 0.6 is 0 Å². The highest BCUT2D eigenvalue weighted by Crippen LogP contribution is 2.31. The minimum atomic E-state index is -3.84. The number of nitrogens with zero attached hydrogens (tertiary/aromatic N) is 2. The highest BCUT2D eigenvalue weighted by molar-refractivity contribution is 7.89. The Hall–Kier alpha value is -2.78. The predicted octanol–water partition coefficient (Wildman–Crippen LogP) is 2.89. The highest BCUT2D eigenvalue weighted by atomic mass is 32.2. The zero-order chi connectivity index (χ0) is 20.0. The van der Waals surface area contributed by atoms with E-state index in [0.29, 0.717) is 5.56 Å². The van der Waals surface area contributed by atoms with E-state index in [1.54, 1.807) is 44.2 Å². The van der Waals surface area contributed by atoms with Crippen LogP contribution in [0.2, 0.25) is 0 Å². The average molecular weight is 392 g/mol. The molecule has 8 nitrogen and oxygen atoms in total. The molecule has 0 bridgehead atoms. The zero-order valence-electron chi connectivity index (χ0n) is 15.0. The van der Waals surface area contributed by atoms with Crippen LogP contribution in [0.3, 0.4) is 0 Å². The van der Waals surface area contributed by atoms with E-state index in [-0.39, 0.29) is 29.5 Å². The van der Waals surface area contributed by atoms with Crippen molar-refractivity contribution in [2.75, 3.05) is 19.7 Å². The Morgan fingerprint density at radius 2 is 1.74 bits per heavy atom. The minimum Gasteiger partial charge on any atom is -0.478 e. The Balaban J connectivity index is 2.28. The Kier molecular flexibility index (Phi) is 6.65. The first-order chi connectivity index (χ1) is 12.8. The molecule has 0 atom stereocenters. The standard InChI is InChI=1S/C18H20N2O6S/c1-3-19(4-2)27(24,25)15-10-11-18(16(12-15)20(22)23)26-13-17(21)14-8-6-5-7-9-14/h5-12H,3-4,13H2,1-2H3. The quantitative estimate of drug-likeness (QED) is 0.369. The maximum Gasteiger partial charge on any atom is 0.312 e. The molecule has 0 aromatic heterocycles. The number of hydrogen-bond acceptors (Lipinski definition) is 6. The van der Waals surface area contributed by atoms with Crippen molar-refractivity contribution in [1.82, 2.24) is 4.31 Å². The van der Waals surface area contributed by atoms with Crippen molar-refractivity contribution in [2.24, 2.45) is 0 Å². The molecule has 0 amide bonds. The summed E-state index contributed by atoms with van der Waals surface area (Å²) in [5.74, 6) is -0.507. The molecule has 0 aliphatic heterocycles. The smallest absolute Gasteiger partial charge is 0.312 e. The van der Waals surface area contributed by atoms with E-state index in [1.807, 2.05) is 0 Å². The SMILES string of the molecule is CCN(CC)S(=O)(=O)c1ccc(OCC(=O)c2ccccc2)c([N+](=O)[O-])c1. The summed E-state index contributed by atoms with van der Waals surface area (Å²) in [6.45, 7) is 3.46. The van der Waals surface area contributed by atoms with E-state index in [2.05, 4.69) is 0 Å². The van der Waals surface area contributed by atoms with Gasteiger partial charge in [0.2, 0.25) is 10.0 Å². The maximum atomic E-state index is 12.5. The highest BCUT2D eigenvalue weighted by Gasteiger charge is 2.26. The Morgan fingerprint density at radius 1 is 1.11 bits per heavy atom. The number of nitro groups is 1. The van der Waals surface area contributed by atoms with Gasteiger partial charge in [-0.05, 0) is 12.1 Å². The fourth-order valence-corrected chi connectivity index (χ4v) is 3.96. The van der Waals surface area contributed by atoms with Crippen molar-refractivity contribution >= 4 is 21.5 Å². The predicted molar refractivity (Wildman–Crippen MR) is 99.5 cm³/mol. The Bertz CT molecular complexity index is 924. The summed E-state index contributed by atoms with van der Waals surface area (Å²) >= 11 is 0. The number of hydrogen-bond donors (Lipinski definition) is 0. The first kappa shape index (κ1) is 20.5. The van der Waals surface area contributed by atoms with Gasteiger partial charge in [0.1, 0.15) is 0 Å². The molecule has 0 unspecified atom stereocenters. The largest absolute Gasteiger partial charge is 0.478 e. The first-order valence-electron chi connectivity index (χ1n) is 8.30. The maximum absolute atomic E-state index is 12.5. The third-order valence-electron chi connectivity index (χ3n) is 3.92. The third-order valence-corrected chi connectivity index (χ3v) is 5.97. The van der Waals surface area contributed by atoms with Gasteiger partial charge in [0.05, 0.1) is 9.82 Å². The van der Waals surface area contributed by atoms with Crippen molar-refractivity contribution in [3.05, 3.63) is 64.2 Å². The van der Waals surface area contributed by atoms with Gasteiger partial charge in [0, 0.05) is 24.7 Å². The fraction of sp³-hybridized carbons (Fsp3) is 0.278. The zero-order valence-corrected chi connectivity index (χ0v) is 15.8. The molecule has 27 heavy (non-hydrogen) atoms. The molecule has 0 saturated heterocycles. The minimum absolute atomic E-state index is 0.164. The van der Waals surface area contributed by atoms with Crippen LogP contribution in [-0.2, 0) is 10.0 Å². The molecule has 0 heterocycles. The number of nitro benzene ring substituents is 1. The molecule has 0 aliphatic carbocycles. The van der Waals surface area contributed by atoms with Gasteiger partial charge in [0.25, 0.3) is 0 Å². The summed E-state index contributed by atoms with van der Waals surface area (Å²) < 4.78 is 31.6. The van der Waals surface area contributed by atoms with Crippen LogP contribution in [-0.4, -0.2) is 43.1 Å². The van der Waals surface area contributed by atoms with Crippen LogP contribution in [0.15, 0.2) is 53.4 Å². The summed E-state index contributed by atoms with van der Waals surface area (Å²) in [6, 6.07) is 11.8. The van der Waals surface area contributed by atoms with Crippen LogP contribution in [0.5, 0.6) is 5.75 Å². The monoisotopic (exact) mass is 392 g/mol. The van der Waals surface area contributed by atoms with Crippen molar-refractivity contribution in [3.8, 4) is 5.75 Å². The van der Waals surface area contributed by atoms with Crippen molar-refractivity contribution in [3.63, 3.8) is 0 Å². The second-order valence-electron chi connectivity index (χ2n) is 5.55. The molecule has 2 aromatic rings. The summed E-state index contributed by atoms with van der Waals surface area (Å²) in [5, 5.41) is 11.4. The fourth-order valence-electron chi connectivity index (χ4n) is 2.49. The number of benzene rings is 2. The molecule has 0 saturated carbocycles. The number of ketones is 1. The summed E-state index contributed by atoms with van der Waals surface area (Å²) in [5.41, 5.74) is -0.0926. The number of sulfonamides is 1. The topological polar surface area (TPSA) is 107 Å². The van der Waals surface area contributed by atoms with Crippen LogP contribution in [0.25, 0.3) is 0 Å². The van der Waals surface area contributed by atoms with Gasteiger partial charge in [-0.3, -0.25) is 14.9 Å². The van der Waals surface area contributed by atoms with Crippen molar-refractivity contribution in [2.45, 2.75) is 18.7 Å². The molecule has 0 radical (unpaired) electrons.